The monoisotopic (exact) mass is 483 g/mol. The first-order valence-corrected chi connectivity index (χ1v) is 11.3. The molecule has 0 aliphatic rings. The number of benzene rings is 2. The predicted octanol–water partition coefficient (Wildman–Crippen LogP) is 4.20. The molecule has 10 heteroatoms. The zero-order valence-corrected chi connectivity index (χ0v) is 20.6. The van der Waals surface area contributed by atoms with Gasteiger partial charge >= 0.3 is 0 Å². The van der Waals surface area contributed by atoms with Crippen LogP contribution in [0.3, 0.4) is 0 Å². The Morgan fingerprint density at radius 3 is 2.56 bits per heavy atom. The molecule has 182 valence electrons. The maximum absolute atomic E-state index is 13.2. The lowest BCUT2D eigenvalue weighted by atomic mass is 10.1. The smallest absolute Gasteiger partial charge is 0.260 e. The number of para-hydroxylation sites is 1. The molecule has 10 nitrogen and oxygen atoms in total. The van der Waals surface area contributed by atoms with Crippen LogP contribution in [0.15, 0.2) is 55.0 Å². The van der Waals surface area contributed by atoms with Gasteiger partial charge in [0, 0.05) is 6.07 Å². The van der Waals surface area contributed by atoms with Crippen molar-refractivity contribution in [2.45, 2.75) is 20.8 Å². The third-order valence-electron chi connectivity index (χ3n) is 5.85. The van der Waals surface area contributed by atoms with Gasteiger partial charge in [-0.15, -0.1) is 0 Å². The highest BCUT2D eigenvalue weighted by Crippen LogP contribution is 2.32. The molecule has 0 radical (unpaired) electrons. The van der Waals surface area contributed by atoms with Gasteiger partial charge in [0.2, 0.25) is 0 Å². The van der Waals surface area contributed by atoms with Crippen molar-refractivity contribution < 1.29 is 14.3 Å². The van der Waals surface area contributed by atoms with Crippen LogP contribution in [0.5, 0.6) is 11.5 Å². The molecule has 0 bridgehead atoms. The SMILES string of the molecule is COc1cccc(C(=O)Nc2cc(C)nn2-c2ncnc3c2cnn3-c2ccc(C)cc2C)c1OC. The summed E-state index contributed by atoms with van der Waals surface area (Å²) >= 11 is 0. The van der Waals surface area contributed by atoms with Crippen LogP contribution in [0.4, 0.5) is 5.82 Å². The fraction of sp³-hybridized carbons (Fsp3) is 0.192. The Bertz CT molecular complexity index is 1600. The van der Waals surface area contributed by atoms with E-state index < -0.39 is 0 Å². The number of aryl methyl sites for hydroxylation is 3. The van der Waals surface area contributed by atoms with Crippen molar-refractivity contribution in [3.8, 4) is 23.0 Å². The van der Waals surface area contributed by atoms with Gasteiger partial charge < -0.3 is 14.8 Å². The van der Waals surface area contributed by atoms with Crippen molar-refractivity contribution in [3.05, 3.63) is 77.4 Å². The summed E-state index contributed by atoms with van der Waals surface area (Å²) in [5, 5.41) is 12.8. The summed E-state index contributed by atoms with van der Waals surface area (Å²) in [5.74, 6) is 1.38. The molecule has 0 aliphatic carbocycles. The molecular weight excluding hydrogens is 458 g/mol. The Balaban J connectivity index is 1.57. The maximum Gasteiger partial charge on any atom is 0.260 e. The molecule has 0 saturated heterocycles. The molecule has 0 saturated carbocycles. The molecule has 1 N–H and O–H groups in total. The van der Waals surface area contributed by atoms with Gasteiger partial charge in [0.05, 0.1) is 42.7 Å². The minimum atomic E-state index is -0.372. The van der Waals surface area contributed by atoms with Crippen molar-refractivity contribution in [1.82, 2.24) is 29.5 Å². The lowest BCUT2D eigenvalue weighted by Gasteiger charge is -2.13. The van der Waals surface area contributed by atoms with Gasteiger partial charge in [0.25, 0.3) is 5.91 Å². The van der Waals surface area contributed by atoms with Crippen LogP contribution in [0.25, 0.3) is 22.5 Å². The summed E-state index contributed by atoms with van der Waals surface area (Å²) in [4.78, 5) is 22.2. The van der Waals surface area contributed by atoms with Crippen LogP contribution < -0.4 is 14.8 Å². The third-order valence-corrected chi connectivity index (χ3v) is 5.85. The van der Waals surface area contributed by atoms with Crippen molar-refractivity contribution in [1.29, 1.82) is 0 Å². The predicted molar refractivity (Wildman–Crippen MR) is 135 cm³/mol. The first-order chi connectivity index (χ1) is 17.4. The van der Waals surface area contributed by atoms with E-state index in [4.69, 9.17) is 9.47 Å². The molecule has 2 aromatic carbocycles. The zero-order chi connectivity index (χ0) is 25.4. The molecule has 3 aromatic heterocycles. The largest absolute Gasteiger partial charge is 0.493 e. The Labute approximate surface area is 207 Å². The van der Waals surface area contributed by atoms with Gasteiger partial charge in [-0.3, -0.25) is 4.79 Å². The van der Waals surface area contributed by atoms with Crippen molar-refractivity contribution in [2.75, 3.05) is 19.5 Å². The summed E-state index contributed by atoms with van der Waals surface area (Å²) in [6.07, 6.45) is 3.17. The van der Waals surface area contributed by atoms with Gasteiger partial charge in [-0.05, 0) is 44.5 Å². The molecule has 5 rings (SSSR count). The van der Waals surface area contributed by atoms with Crippen LogP contribution in [0, 0.1) is 20.8 Å². The van der Waals surface area contributed by atoms with E-state index in [2.05, 4.69) is 38.5 Å². The van der Waals surface area contributed by atoms with E-state index in [0.29, 0.717) is 45.4 Å². The van der Waals surface area contributed by atoms with Crippen LogP contribution in [-0.2, 0) is 0 Å². The van der Waals surface area contributed by atoms with E-state index in [9.17, 15) is 4.79 Å². The quantitative estimate of drug-likeness (QED) is 0.386. The average molecular weight is 484 g/mol. The minimum Gasteiger partial charge on any atom is -0.493 e. The lowest BCUT2D eigenvalue weighted by Crippen LogP contribution is -2.17. The fourth-order valence-corrected chi connectivity index (χ4v) is 4.22. The van der Waals surface area contributed by atoms with E-state index in [1.165, 1.54) is 26.1 Å². The van der Waals surface area contributed by atoms with E-state index in [-0.39, 0.29) is 5.91 Å². The maximum atomic E-state index is 13.2. The van der Waals surface area contributed by atoms with Crippen LogP contribution in [-0.4, -0.2) is 49.7 Å². The molecule has 0 unspecified atom stereocenters. The lowest BCUT2D eigenvalue weighted by molar-refractivity contribution is 0.102. The summed E-state index contributed by atoms with van der Waals surface area (Å²) in [7, 11) is 3.02. The minimum absolute atomic E-state index is 0.331. The van der Waals surface area contributed by atoms with E-state index in [1.807, 2.05) is 26.0 Å². The standard InChI is InChI=1S/C26H25N7O3/c1-15-9-10-20(16(2)11-15)32-24-19(13-29-32)25(28-14-27-24)33-22(12-17(3)31-33)30-26(34)18-7-6-8-21(35-4)23(18)36-5/h6-14H,1-5H3,(H,30,34). The molecule has 0 atom stereocenters. The number of nitrogens with zero attached hydrogens (tertiary/aromatic N) is 6. The summed E-state index contributed by atoms with van der Waals surface area (Å²) < 4.78 is 14.1. The van der Waals surface area contributed by atoms with Gasteiger partial charge in [0.1, 0.15) is 12.1 Å². The van der Waals surface area contributed by atoms with Gasteiger partial charge in [0.15, 0.2) is 23.0 Å². The van der Waals surface area contributed by atoms with Gasteiger partial charge in [-0.1, -0.05) is 23.8 Å². The molecule has 36 heavy (non-hydrogen) atoms. The number of carbonyl (C=O) groups excluding carboxylic acids is 1. The number of hydrogen-bond donors (Lipinski definition) is 1. The second-order valence-corrected chi connectivity index (χ2v) is 8.36. The van der Waals surface area contributed by atoms with Crippen LogP contribution in [0.1, 0.15) is 27.2 Å². The molecule has 0 aliphatic heterocycles. The number of aromatic nitrogens is 6. The van der Waals surface area contributed by atoms with Crippen molar-refractivity contribution >= 4 is 22.8 Å². The molecule has 0 fully saturated rings. The summed E-state index contributed by atoms with van der Waals surface area (Å²) in [6, 6.07) is 13.1. The van der Waals surface area contributed by atoms with E-state index in [1.54, 1.807) is 39.8 Å². The zero-order valence-electron chi connectivity index (χ0n) is 20.6. The summed E-state index contributed by atoms with van der Waals surface area (Å²) in [6.45, 7) is 5.93. The second kappa shape index (κ2) is 9.14. The second-order valence-electron chi connectivity index (χ2n) is 8.36. The highest BCUT2D eigenvalue weighted by molar-refractivity contribution is 6.06. The number of ether oxygens (including phenoxy) is 2. The van der Waals surface area contributed by atoms with E-state index >= 15 is 0 Å². The Hall–Kier alpha value is -4.73. The van der Waals surface area contributed by atoms with Crippen LogP contribution >= 0.6 is 0 Å². The third kappa shape index (κ3) is 3.92. The number of anilines is 1. The first-order valence-electron chi connectivity index (χ1n) is 11.3. The number of rotatable bonds is 6. The normalized spacial score (nSPS) is 11.0. The van der Waals surface area contributed by atoms with Crippen LogP contribution in [0.2, 0.25) is 0 Å². The molecule has 1 amide bonds. The Morgan fingerprint density at radius 2 is 1.81 bits per heavy atom. The molecule has 5 aromatic rings. The number of amides is 1. The van der Waals surface area contributed by atoms with Crippen molar-refractivity contribution in [3.63, 3.8) is 0 Å². The first kappa shape index (κ1) is 23.0. The highest BCUT2D eigenvalue weighted by Gasteiger charge is 2.21. The molecule has 3 heterocycles. The highest BCUT2D eigenvalue weighted by atomic mass is 16.5. The topological polar surface area (TPSA) is 109 Å². The van der Waals surface area contributed by atoms with Gasteiger partial charge in [-0.2, -0.15) is 14.9 Å². The Kier molecular flexibility index (Phi) is 5.85. The number of nitrogens with one attached hydrogen (secondary N) is 1. The average Bonchev–Trinajstić information content (AvgIpc) is 3.46. The van der Waals surface area contributed by atoms with Gasteiger partial charge in [-0.25, -0.2) is 14.6 Å². The van der Waals surface area contributed by atoms with Crippen molar-refractivity contribution in [2.24, 2.45) is 0 Å². The fourth-order valence-electron chi connectivity index (χ4n) is 4.22. The number of carbonyl (C=O) groups is 1. The number of methoxy groups -OCH3 is 2. The summed E-state index contributed by atoms with van der Waals surface area (Å²) in [5.41, 5.74) is 4.84. The number of hydrogen-bond acceptors (Lipinski definition) is 7. The Morgan fingerprint density at radius 1 is 0.972 bits per heavy atom. The molecule has 0 spiro atoms. The molecular formula is C26H25N7O3. The number of fused-ring (bicyclic) bond motifs is 1. The van der Waals surface area contributed by atoms with E-state index in [0.717, 1.165) is 11.3 Å².